The standard InChI is InChI=1S/C21H22N4S/c1-21(2,3)19-14-26-20(24-19)25-18(12-15-8-10-22-11-9-15)17-7-5-4-6-16(17)13-23-25/h4-11,13-14,23H,12H2,1-3H3. The van der Waals surface area contributed by atoms with Gasteiger partial charge in [-0.25, -0.2) is 9.99 Å². The Morgan fingerprint density at radius 2 is 1.85 bits per heavy atom. The van der Waals surface area contributed by atoms with Crippen molar-refractivity contribution in [1.29, 1.82) is 0 Å². The Labute approximate surface area is 157 Å². The van der Waals surface area contributed by atoms with Crippen molar-refractivity contribution < 1.29 is 0 Å². The minimum absolute atomic E-state index is 0.0391. The second-order valence-electron chi connectivity index (χ2n) is 7.44. The second kappa shape index (κ2) is 6.57. The van der Waals surface area contributed by atoms with E-state index in [2.05, 4.69) is 78.0 Å². The van der Waals surface area contributed by atoms with Crippen molar-refractivity contribution in [3.63, 3.8) is 0 Å². The molecule has 1 aliphatic rings. The van der Waals surface area contributed by atoms with E-state index in [9.17, 15) is 0 Å². The van der Waals surface area contributed by atoms with Crippen molar-refractivity contribution in [1.82, 2.24) is 15.4 Å². The number of thiazole rings is 1. The lowest BCUT2D eigenvalue weighted by atomic mass is 9.93. The summed E-state index contributed by atoms with van der Waals surface area (Å²) < 4.78 is 0. The molecule has 0 aliphatic carbocycles. The maximum Gasteiger partial charge on any atom is 0.208 e. The SMILES string of the molecule is CC(C)(C)c1csc(N2NC=c3ccccc3=C2Cc2ccncc2)n1. The number of anilines is 1. The van der Waals surface area contributed by atoms with Crippen LogP contribution in [0.25, 0.3) is 11.9 Å². The molecule has 0 radical (unpaired) electrons. The number of pyridine rings is 1. The summed E-state index contributed by atoms with van der Waals surface area (Å²) in [4.78, 5) is 9.03. The first-order chi connectivity index (χ1) is 12.5. The number of hydrazine groups is 1. The van der Waals surface area contributed by atoms with Gasteiger partial charge in [0.15, 0.2) is 0 Å². The van der Waals surface area contributed by atoms with Crippen molar-refractivity contribution in [2.75, 3.05) is 5.01 Å². The maximum absolute atomic E-state index is 4.90. The molecule has 3 aromatic rings. The first-order valence-electron chi connectivity index (χ1n) is 8.72. The summed E-state index contributed by atoms with van der Waals surface area (Å²) >= 11 is 1.67. The highest BCUT2D eigenvalue weighted by molar-refractivity contribution is 7.13. The van der Waals surface area contributed by atoms with Gasteiger partial charge in [-0.15, -0.1) is 11.3 Å². The van der Waals surface area contributed by atoms with Gasteiger partial charge in [0.2, 0.25) is 5.13 Å². The summed E-state index contributed by atoms with van der Waals surface area (Å²) in [6, 6.07) is 12.6. The number of aromatic nitrogens is 2. The van der Waals surface area contributed by atoms with Gasteiger partial charge in [0, 0.05) is 46.2 Å². The molecule has 4 nitrogen and oxygen atoms in total. The van der Waals surface area contributed by atoms with E-state index < -0.39 is 0 Å². The zero-order chi connectivity index (χ0) is 18.1. The number of benzene rings is 1. The average molecular weight is 363 g/mol. The Balaban J connectivity index is 1.82. The van der Waals surface area contributed by atoms with Gasteiger partial charge in [-0.3, -0.25) is 10.4 Å². The zero-order valence-corrected chi connectivity index (χ0v) is 16.0. The molecule has 132 valence electrons. The fourth-order valence-corrected chi connectivity index (χ4v) is 4.01. The molecule has 3 heterocycles. The summed E-state index contributed by atoms with van der Waals surface area (Å²) in [5.41, 5.74) is 7.01. The van der Waals surface area contributed by atoms with Crippen LogP contribution in [-0.4, -0.2) is 9.97 Å². The minimum Gasteiger partial charge on any atom is -0.299 e. The van der Waals surface area contributed by atoms with Gasteiger partial charge in [0.1, 0.15) is 0 Å². The van der Waals surface area contributed by atoms with Gasteiger partial charge in [0.25, 0.3) is 0 Å². The molecule has 1 aliphatic heterocycles. The monoisotopic (exact) mass is 362 g/mol. The maximum atomic E-state index is 4.90. The van der Waals surface area contributed by atoms with Crippen LogP contribution < -0.4 is 20.9 Å². The van der Waals surface area contributed by atoms with E-state index >= 15 is 0 Å². The van der Waals surface area contributed by atoms with Crippen LogP contribution in [0.5, 0.6) is 0 Å². The van der Waals surface area contributed by atoms with Crippen LogP contribution >= 0.6 is 11.3 Å². The van der Waals surface area contributed by atoms with E-state index in [0.29, 0.717) is 0 Å². The van der Waals surface area contributed by atoms with Gasteiger partial charge in [0.05, 0.1) is 11.4 Å². The van der Waals surface area contributed by atoms with Crippen molar-refractivity contribution >= 4 is 28.4 Å². The predicted octanol–water partition coefficient (Wildman–Crippen LogP) is 2.95. The molecule has 0 fully saturated rings. The van der Waals surface area contributed by atoms with E-state index in [4.69, 9.17) is 4.98 Å². The number of fused-ring (bicyclic) bond motifs is 1. The molecule has 0 saturated carbocycles. The van der Waals surface area contributed by atoms with Gasteiger partial charge in [-0.1, -0.05) is 45.0 Å². The van der Waals surface area contributed by atoms with Crippen LogP contribution in [0.4, 0.5) is 5.13 Å². The van der Waals surface area contributed by atoms with Crippen LogP contribution in [-0.2, 0) is 11.8 Å². The van der Waals surface area contributed by atoms with Crippen LogP contribution in [0.3, 0.4) is 0 Å². The molecular weight excluding hydrogens is 340 g/mol. The van der Waals surface area contributed by atoms with Gasteiger partial charge < -0.3 is 0 Å². The van der Waals surface area contributed by atoms with E-state index in [1.54, 1.807) is 11.3 Å². The quantitative estimate of drug-likeness (QED) is 0.778. The normalized spacial score (nSPS) is 13.8. The van der Waals surface area contributed by atoms with Crippen LogP contribution in [0.15, 0.2) is 54.2 Å². The highest BCUT2D eigenvalue weighted by atomic mass is 32.1. The molecule has 1 aromatic carbocycles. The molecule has 26 heavy (non-hydrogen) atoms. The molecule has 4 rings (SSSR count). The molecule has 0 unspecified atom stereocenters. The summed E-state index contributed by atoms with van der Waals surface area (Å²) in [6.07, 6.45) is 6.54. The lowest BCUT2D eigenvalue weighted by Gasteiger charge is -2.28. The first kappa shape index (κ1) is 16.8. The Hall–Kier alpha value is -2.66. The molecule has 0 bridgehead atoms. The molecule has 2 aromatic heterocycles. The summed E-state index contributed by atoms with van der Waals surface area (Å²) in [7, 11) is 0. The average Bonchev–Trinajstić information content (AvgIpc) is 3.13. The van der Waals surface area contributed by atoms with E-state index in [1.807, 2.05) is 18.6 Å². The number of hydrogen-bond donors (Lipinski definition) is 1. The summed E-state index contributed by atoms with van der Waals surface area (Å²) in [6.45, 7) is 6.58. The third-order valence-electron chi connectivity index (χ3n) is 4.46. The molecular formula is C21H22N4S. The van der Waals surface area contributed by atoms with Crippen molar-refractivity contribution in [3.05, 3.63) is 75.9 Å². The van der Waals surface area contributed by atoms with Crippen LogP contribution in [0.2, 0.25) is 0 Å². The Kier molecular flexibility index (Phi) is 4.24. The molecule has 5 heteroatoms. The van der Waals surface area contributed by atoms with E-state index in [-0.39, 0.29) is 5.41 Å². The zero-order valence-electron chi connectivity index (χ0n) is 15.2. The molecule has 0 spiro atoms. The second-order valence-corrected chi connectivity index (χ2v) is 8.28. The fraction of sp³-hybridized carbons (Fsp3) is 0.238. The number of nitrogens with zero attached hydrogens (tertiary/aromatic N) is 3. The van der Waals surface area contributed by atoms with E-state index in [0.717, 1.165) is 17.2 Å². The van der Waals surface area contributed by atoms with Crippen molar-refractivity contribution in [2.45, 2.75) is 32.6 Å². The van der Waals surface area contributed by atoms with Gasteiger partial charge in [-0.2, -0.15) is 0 Å². The smallest absolute Gasteiger partial charge is 0.208 e. The molecule has 0 amide bonds. The number of nitrogens with one attached hydrogen (secondary N) is 1. The summed E-state index contributed by atoms with van der Waals surface area (Å²) in [5, 5.41) is 7.66. The molecule has 0 atom stereocenters. The number of hydrogen-bond acceptors (Lipinski definition) is 5. The largest absolute Gasteiger partial charge is 0.299 e. The molecule has 0 saturated heterocycles. The highest BCUT2D eigenvalue weighted by Gasteiger charge is 2.23. The number of rotatable bonds is 3. The fourth-order valence-electron chi connectivity index (χ4n) is 2.97. The summed E-state index contributed by atoms with van der Waals surface area (Å²) in [5.74, 6) is 0. The highest BCUT2D eigenvalue weighted by Crippen LogP contribution is 2.30. The van der Waals surface area contributed by atoms with Crippen molar-refractivity contribution in [2.24, 2.45) is 0 Å². The lowest BCUT2D eigenvalue weighted by molar-refractivity contribution is 0.572. The molecule has 1 N–H and O–H groups in total. The van der Waals surface area contributed by atoms with Gasteiger partial charge in [-0.05, 0) is 17.7 Å². The van der Waals surface area contributed by atoms with Crippen LogP contribution in [0, 0.1) is 0 Å². The Morgan fingerprint density at radius 3 is 2.58 bits per heavy atom. The third-order valence-corrected chi connectivity index (χ3v) is 5.29. The Morgan fingerprint density at radius 1 is 1.08 bits per heavy atom. The predicted molar refractivity (Wildman–Crippen MR) is 108 cm³/mol. The third kappa shape index (κ3) is 3.22. The van der Waals surface area contributed by atoms with E-state index in [1.165, 1.54) is 21.7 Å². The first-order valence-corrected chi connectivity index (χ1v) is 9.60. The van der Waals surface area contributed by atoms with Gasteiger partial charge >= 0.3 is 0 Å². The van der Waals surface area contributed by atoms with Crippen LogP contribution in [0.1, 0.15) is 32.0 Å². The van der Waals surface area contributed by atoms with Crippen molar-refractivity contribution in [3.8, 4) is 0 Å². The lowest BCUT2D eigenvalue weighted by Crippen LogP contribution is -2.47. The Bertz CT molecular complexity index is 1030. The topological polar surface area (TPSA) is 41.0 Å². The minimum atomic E-state index is 0.0391.